The zero-order valence-electron chi connectivity index (χ0n) is 17.1. The van der Waals surface area contributed by atoms with E-state index in [-0.39, 0.29) is 17.1 Å². The number of nitrogens with zero attached hydrogens (tertiary/aromatic N) is 1. The molecule has 2 aromatic rings. The summed E-state index contributed by atoms with van der Waals surface area (Å²) in [7, 11) is 3.11. The van der Waals surface area contributed by atoms with Gasteiger partial charge in [-0.05, 0) is 29.7 Å². The number of benzene rings is 2. The molecule has 0 radical (unpaired) electrons. The summed E-state index contributed by atoms with van der Waals surface area (Å²) in [6, 6.07) is 15.2. The molecule has 1 aliphatic heterocycles. The quantitative estimate of drug-likeness (QED) is 0.611. The van der Waals surface area contributed by atoms with Crippen LogP contribution in [0, 0.1) is 0 Å². The third-order valence-electron chi connectivity index (χ3n) is 4.62. The van der Waals surface area contributed by atoms with Crippen molar-refractivity contribution in [3.8, 4) is 11.5 Å². The Hall–Kier alpha value is -2.73. The van der Waals surface area contributed by atoms with Crippen LogP contribution in [0.2, 0.25) is 0 Å². The molecule has 0 bridgehead atoms. The average molecular weight is 412 g/mol. The lowest BCUT2D eigenvalue weighted by atomic mass is 10.1. The summed E-state index contributed by atoms with van der Waals surface area (Å²) in [6.45, 7) is 4.36. The molecule has 1 aliphatic rings. The number of hydrogen-bond donors (Lipinski definition) is 0. The van der Waals surface area contributed by atoms with Crippen LogP contribution in [-0.2, 0) is 16.0 Å². The molecule has 6 heteroatoms. The van der Waals surface area contributed by atoms with Crippen molar-refractivity contribution >= 4 is 29.1 Å². The molecule has 1 heterocycles. The van der Waals surface area contributed by atoms with Gasteiger partial charge < -0.3 is 9.47 Å². The van der Waals surface area contributed by atoms with Crippen LogP contribution in [0.5, 0.6) is 11.5 Å². The highest BCUT2D eigenvalue weighted by Gasteiger charge is 2.39. The summed E-state index contributed by atoms with van der Waals surface area (Å²) in [5.74, 6) is 0.609. The molecule has 0 atom stereocenters. The minimum atomic E-state index is -0.263. The molecule has 2 amide bonds. The van der Waals surface area contributed by atoms with Crippen molar-refractivity contribution in [2.24, 2.45) is 0 Å². The van der Waals surface area contributed by atoms with E-state index >= 15 is 0 Å². The summed E-state index contributed by atoms with van der Waals surface area (Å²) < 4.78 is 10.7. The molecule has 2 aromatic carbocycles. The fraction of sp³-hybridized carbons (Fsp3) is 0.304. The van der Waals surface area contributed by atoms with Gasteiger partial charge in [0.15, 0.2) is 11.5 Å². The average Bonchev–Trinajstić information content (AvgIpc) is 2.95. The van der Waals surface area contributed by atoms with Gasteiger partial charge in [-0.2, -0.15) is 0 Å². The third kappa shape index (κ3) is 4.48. The van der Waals surface area contributed by atoms with E-state index in [0.717, 1.165) is 5.56 Å². The summed E-state index contributed by atoms with van der Waals surface area (Å²) in [6.07, 6.45) is 0.622. The van der Waals surface area contributed by atoms with Crippen LogP contribution in [-0.4, -0.2) is 42.7 Å². The third-order valence-corrected chi connectivity index (χ3v) is 5.70. The highest BCUT2D eigenvalue weighted by Crippen LogP contribution is 2.40. The van der Waals surface area contributed by atoms with Crippen LogP contribution < -0.4 is 9.47 Å². The standard InChI is InChI=1S/C23H25NO4S/c1-15(2)29-21-20(17-10-11-18(27-3)19(14-17)28-4)22(25)24(23(21)26)13-12-16-8-6-5-7-9-16/h5-11,14-15H,12-13H2,1-4H3. The van der Waals surface area contributed by atoms with Crippen molar-refractivity contribution in [3.05, 3.63) is 64.6 Å². The first-order valence-electron chi connectivity index (χ1n) is 9.49. The SMILES string of the molecule is COc1ccc(C2=C(SC(C)C)C(=O)N(CCc3ccccc3)C2=O)cc1OC. The van der Waals surface area contributed by atoms with E-state index in [1.54, 1.807) is 32.4 Å². The molecule has 5 nitrogen and oxygen atoms in total. The molecule has 3 rings (SSSR count). The van der Waals surface area contributed by atoms with Gasteiger partial charge in [0, 0.05) is 11.8 Å². The van der Waals surface area contributed by atoms with Gasteiger partial charge in [0.25, 0.3) is 11.8 Å². The largest absolute Gasteiger partial charge is 0.493 e. The Labute approximate surface area is 175 Å². The predicted octanol–water partition coefficient (Wildman–Crippen LogP) is 4.17. The van der Waals surface area contributed by atoms with Crippen LogP contribution in [0.3, 0.4) is 0 Å². The van der Waals surface area contributed by atoms with Crippen LogP contribution in [0.15, 0.2) is 53.4 Å². The second-order valence-electron chi connectivity index (χ2n) is 6.94. The van der Waals surface area contributed by atoms with Crippen molar-refractivity contribution < 1.29 is 19.1 Å². The van der Waals surface area contributed by atoms with Gasteiger partial charge in [0.05, 0.1) is 24.7 Å². The van der Waals surface area contributed by atoms with E-state index in [9.17, 15) is 9.59 Å². The fourth-order valence-corrected chi connectivity index (χ4v) is 4.24. The van der Waals surface area contributed by atoms with Crippen molar-refractivity contribution in [3.63, 3.8) is 0 Å². The highest BCUT2D eigenvalue weighted by atomic mass is 32.2. The summed E-state index contributed by atoms with van der Waals surface area (Å²) in [4.78, 5) is 28.2. The first-order valence-corrected chi connectivity index (χ1v) is 10.4. The molecule has 152 valence electrons. The number of rotatable bonds is 8. The van der Waals surface area contributed by atoms with Crippen LogP contribution in [0.1, 0.15) is 25.0 Å². The number of thioether (sulfide) groups is 1. The first kappa shape index (κ1) is 21.0. The zero-order valence-corrected chi connectivity index (χ0v) is 17.9. The maximum atomic E-state index is 13.2. The van der Waals surface area contributed by atoms with Gasteiger partial charge in [-0.25, -0.2) is 0 Å². The number of carbonyl (C=O) groups excluding carboxylic acids is 2. The van der Waals surface area contributed by atoms with Gasteiger partial charge in [-0.3, -0.25) is 14.5 Å². The Kier molecular flexibility index (Phi) is 6.64. The maximum absolute atomic E-state index is 13.2. The van der Waals surface area contributed by atoms with Gasteiger partial charge >= 0.3 is 0 Å². The smallest absolute Gasteiger partial charge is 0.268 e. The van der Waals surface area contributed by atoms with Crippen LogP contribution in [0.25, 0.3) is 5.57 Å². The van der Waals surface area contributed by atoms with Crippen molar-refractivity contribution in [1.82, 2.24) is 4.90 Å². The molecule has 0 saturated carbocycles. The number of ether oxygens (including phenoxy) is 2. The Morgan fingerprint density at radius 3 is 2.24 bits per heavy atom. The highest BCUT2D eigenvalue weighted by molar-refractivity contribution is 8.04. The summed E-state index contributed by atoms with van der Waals surface area (Å²) in [5.41, 5.74) is 2.18. The maximum Gasteiger partial charge on any atom is 0.268 e. The molecule has 0 aromatic heterocycles. The fourth-order valence-electron chi connectivity index (χ4n) is 3.23. The van der Waals surface area contributed by atoms with E-state index in [4.69, 9.17) is 9.47 Å². The molecular formula is C23H25NO4S. The van der Waals surface area contributed by atoms with E-state index in [0.29, 0.717) is 40.5 Å². The van der Waals surface area contributed by atoms with E-state index in [2.05, 4.69) is 0 Å². The lowest BCUT2D eigenvalue weighted by Crippen LogP contribution is -2.33. The minimum absolute atomic E-state index is 0.172. The van der Waals surface area contributed by atoms with Crippen molar-refractivity contribution in [2.75, 3.05) is 20.8 Å². The minimum Gasteiger partial charge on any atom is -0.493 e. The molecule has 0 unspecified atom stereocenters. The molecular weight excluding hydrogens is 386 g/mol. The zero-order chi connectivity index (χ0) is 21.0. The van der Waals surface area contributed by atoms with Crippen LogP contribution >= 0.6 is 11.8 Å². The van der Waals surface area contributed by atoms with Crippen molar-refractivity contribution in [2.45, 2.75) is 25.5 Å². The number of amides is 2. The molecule has 0 spiro atoms. The molecule has 0 N–H and O–H groups in total. The van der Waals surface area contributed by atoms with Crippen molar-refractivity contribution in [1.29, 1.82) is 0 Å². The van der Waals surface area contributed by atoms with Gasteiger partial charge in [0.2, 0.25) is 0 Å². The normalized spacial score (nSPS) is 14.2. The van der Waals surface area contributed by atoms with Gasteiger partial charge in [0.1, 0.15) is 0 Å². The molecule has 0 aliphatic carbocycles. The Balaban J connectivity index is 1.94. The molecule has 0 fully saturated rings. The second kappa shape index (κ2) is 9.18. The lowest BCUT2D eigenvalue weighted by molar-refractivity contribution is -0.136. The topological polar surface area (TPSA) is 55.8 Å². The Morgan fingerprint density at radius 1 is 0.931 bits per heavy atom. The molecule has 29 heavy (non-hydrogen) atoms. The van der Waals surface area contributed by atoms with Crippen LogP contribution in [0.4, 0.5) is 0 Å². The van der Waals surface area contributed by atoms with E-state index < -0.39 is 0 Å². The Bertz CT molecular complexity index is 937. The predicted molar refractivity (Wildman–Crippen MR) is 116 cm³/mol. The lowest BCUT2D eigenvalue weighted by Gasteiger charge is -2.15. The number of methoxy groups -OCH3 is 2. The number of hydrogen-bond acceptors (Lipinski definition) is 5. The van der Waals surface area contributed by atoms with E-state index in [1.165, 1.54) is 16.7 Å². The monoisotopic (exact) mass is 411 g/mol. The summed E-state index contributed by atoms with van der Waals surface area (Å²) in [5, 5.41) is 0.172. The first-order chi connectivity index (χ1) is 14.0. The van der Waals surface area contributed by atoms with Gasteiger partial charge in [-0.15, -0.1) is 11.8 Å². The Morgan fingerprint density at radius 2 is 1.62 bits per heavy atom. The summed E-state index contributed by atoms with van der Waals surface area (Å²) >= 11 is 1.42. The number of carbonyl (C=O) groups is 2. The molecule has 0 saturated heterocycles. The van der Waals surface area contributed by atoms with E-state index in [1.807, 2.05) is 44.2 Å². The second-order valence-corrected chi connectivity index (χ2v) is 8.52. The van der Waals surface area contributed by atoms with Gasteiger partial charge in [-0.1, -0.05) is 50.2 Å². The number of imide groups is 1.